The predicted molar refractivity (Wildman–Crippen MR) is 89.8 cm³/mol. The maximum absolute atomic E-state index is 12.6. The highest BCUT2D eigenvalue weighted by Gasteiger charge is 2.36. The number of rotatable bonds is 2. The van der Waals surface area contributed by atoms with Crippen LogP contribution in [0.2, 0.25) is 0 Å². The Morgan fingerprint density at radius 3 is 2.61 bits per heavy atom. The van der Waals surface area contributed by atoms with Gasteiger partial charge in [0.2, 0.25) is 10.0 Å². The fourth-order valence-corrected chi connectivity index (χ4v) is 4.81. The van der Waals surface area contributed by atoms with Crippen molar-refractivity contribution in [1.82, 2.24) is 9.29 Å². The van der Waals surface area contributed by atoms with Crippen LogP contribution < -0.4 is 0 Å². The summed E-state index contributed by atoms with van der Waals surface area (Å²) in [5.74, 6) is -0.622. The van der Waals surface area contributed by atoms with E-state index < -0.39 is 15.9 Å². The first kappa shape index (κ1) is 16.1. The number of nitrogens with zero attached hydrogens (tertiary/aromatic N) is 2. The van der Waals surface area contributed by atoms with E-state index in [-0.39, 0.29) is 17.7 Å². The molecular formula is C16H18N2O3S2. The Labute approximate surface area is 140 Å². The Morgan fingerprint density at radius 2 is 1.96 bits per heavy atom. The van der Waals surface area contributed by atoms with Gasteiger partial charge >= 0.3 is 0 Å². The van der Waals surface area contributed by atoms with Gasteiger partial charge in [0.1, 0.15) is 0 Å². The summed E-state index contributed by atoms with van der Waals surface area (Å²) in [6.07, 6.45) is 0. The van der Waals surface area contributed by atoms with Crippen LogP contribution >= 0.6 is 11.3 Å². The van der Waals surface area contributed by atoms with Crippen molar-refractivity contribution in [2.75, 3.05) is 0 Å². The van der Waals surface area contributed by atoms with Crippen LogP contribution in [0.25, 0.3) is 0 Å². The standard InChI is InChI=1S/C16H18N2O3S2/c1-16(2,3)15-17-12(9-22-15)8-18-14(19)13-7-5-4-6-11(13)10-23(18,20)21/h4-7,9H,8,10H2,1-3H3. The monoisotopic (exact) mass is 350 g/mol. The molecule has 1 aromatic heterocycles. The molecule has 0 bridgehead atoms. The fourth-order valence-electron chi connectivity index (χ4n) is 2.43. The highest BCUT2D eigenvalue weighted by atomic mass is 32.2. The number of hydrogen-bond donors (Lipinski definition) is 0. The zero-order valence-electron chi connectivity index (χ0n) is 13.2. The summed E-state index contributed by atoms with van der Waals surface area (Å²) < 4.78 is 25.8. The van der Waals surface area contributed by atoms with E-state index in [2.05, 4.69) is 25.8 Å². The number of amides is 1. The van der Waals surface area contributed by atoms with Gasteiger partial charge in [-0.2, -0.15) is 0 Å². The minimum Gasteiger partial charge on any atom is -0.268 e. The summed E-state index contributed by atoms with van der Waals surface area (Å²) in [7, 11) is -3.66. The molecule has 2 heterocycles. The molecule has 0 aliphatic carbocycles. The fraction of sp³-hybridized carbons (Fsp3) is 0.375. The van der Waals surface area contributed by atoms with E-state index in [0.717, 1.165) is 9.31 Å². The quantitative estimate of drug-likeness (QED) is 0.835. The molecule has 0 saturated carbocycles. The molecule has 0 saturated heterocycles. The Morgan fingerprint density at radius 1 is 1.26 bits per heavy atom. The Kier molecular flexibility index (Phi) is 3.80. The van der Waals surface area contributed by atoms with Crippen LogP contribution in [0.5, 0.6) is 0 Å². The SMILES string of the molecule is CC(C)(C)c1nc(CN2C(=O)c3ccccc3CS2(=O)=O)cs1. The van der Waals surface area contributed by atoms with E-state index in [9.17, 15) is 13.2 Å². The number of fused-ring (bicyclic) bond motifs is 1. The zero-order chi connectivity index (χ0) is 16.8. The number of carbonyl (C=O) groups is 1. The molecule has 122 valence electrons. The highest BCUT2D eigenvalue weighted by Crippen LogP contribution is 2.29. The number of benzene rings is 1. The average Bonchev–Trinajstić information content (AvgIpc) is 2.92. The molecule has 0 atom stereocenters. The number of carbonyl (C=O) groups excluding carboxylic acids is 1. The van der Waals surface area contributed by atoms with Gasteiger partial charge in [-0.15, -0.1) is 11.3 Å². The van der Waals surface area contributed by atoms with Gasteiger partial charge < -0.3 is 0 Å². The second kappa shape index (κ2) is 5.42. The lowest BCUT2D eigenvalue weighted by Crippen LogP contribution is -2.41. The maximum atomic E-state index is 12.6. The smallest absolute Gasteiger partial charge is 0.268 e. The first-order valence-electron chi connectivity index (χ1n) is 7.26. The van der Waals surface area contributed by atoms with Crippen molar-refractivity contribution in [3.63, 3.8) is 0 Å². The van der Waals surface area contributed by atoms with Crippen LogP contribution in [0.1, 0.15) is 47.4 Å². The lowest BCUT2D eigenvalue weighted by atomic mass is 9.98. The van der Waals surface area contributed by atoms with Gasteiger partial charge in [-0.05, 0) is 11.6 Å². The van der Waals surface area contributed by atoms with Crippen molar-refractivity contribution in [1.29, 1.82) is 0 Å². The van der Waals surface area contributed by atoms with Crippen molar-refractivity contribution in [2.24, 2.45) is 0 Å². The van der Waals surface area contributed by atoms with E-state index in [1.165, 1.54) is 11.3 Å². The molecule has 1 aliphatic heterocycles. The molecule has 0 unspecified atom stereocenters. The third-order valence-corrected chi connectivity index (χ3v) is 6.61. The third-order valence-electron chi connectivity index (χ3n) is 3.65. The van der Waals surface area contributed by atoms with Gasteiger partial charge in [-0.25, -0.2) is 17.7 Å². The van der Waals surface area contributed by atoms with Crippen molar-refractivity contribution in [2.45, 2.75) is 38.5 Å². The van der Waals surface area contributed by atoms with Gasteiger partial charge in [0, 0.05) is 16.4 Å². The van der Waals surface area contributed by atoms with Crippen LogP contribution in [-0.2, 0) is 27.7 Å². The predicted octanol–water partition coefficient (Wildman–Crippen LogP) is 2.93. The van der Waals surface area contributed by atoms with Crippen molar-refractivity contribution < 1.29 is 13.2 Å². The highest BCUT2D eigenvalue weighted by molar-refractivity contribution is 7.89. The summed E-state index contributed by atoms with van der Waals surface area (Å²) in [5, 5.41) is 2.75. The molecule has 5 nitrogen and oxygen atoms in total. The molecule has 23 heavy (non-hydrogen) atoms. The van der Waals surface area contributed by atoms with Crippen LogP contribution in [0, 0.1) is 0 Å². The van der Waals surface area contributed by atoms with Crippen molar-refractivity contribution >= 4 is 27.3 Å². The average molecular weight is 350 g/mol. The number of aromatic nitrogens is 1. The molecule has 3 rings (SSSR count). The minimum atomic E-state index is -3.66. The first-order valence-corrected chi connectivity index (χ1v) is 9.75. The maximum Gasteiger partial charge on any atom is 0.268 e. The van der Waals surface area contributed by atoms with Crippen molar-refractivity contribution in [3.8, 4) is 0 Å². The molecule has 1 amide bonds. The first-order chi connectivity index (χ1) is 10.7. The lowest BCUT2D eigenvalue weighted by molar-refractivity contribution is 0.0848. The lowest BCUT2D eigenvalue weighted by Gasteiger charge is -2.27. The van der Waals surface area contributed by atoms with Gasteiger partial charge in [-0.1, -0.05) is 39.0 Å². The van der Waals surface area contributed by atoms with E-state index in [0.29, 0.717) is 16.8 Å². The van der Waals surface area contributed by atoms with E-state index in [4.69, 9.17) is 0 Å². The Balaban J connectivity index is 1.94. The Hall–Kier alpha value is -1.73. The summed E-state index contributed by atoms with van der Waals surface area (Å²) in [5.41, 5.74) is 1.52. The molecular weight excluding hydrogens is 332 g/mol. The van der Waals surface area contributed by atoms with E-state index in [1.807, 2.05) is 5.38 Å². The third kappa shape index (κ3) is 3.03. The van der Waals surface area contributed by atoms with Crippen molar-refractivity contribution in [3.05, 3.63) is 51.5 Å². The molecule has 0 fully saturated rings. The van der Waals surface area contributed by atoms with Crippen LogP contribution in [0.4, 0.5) is 0 Å². The zero-order valence-corrected chi connectivity index (χ0v) is 14.9. The molecule has 1 aromatic carbocycles. The molecule has 0 spiro atoms. The van der Waals surface area contributed by atoms with E-state index in [1.54, 1.807) is 24.3 Å². The molecule has 0 radical (unpaired) electrons. The second-order valence-electron chi connectivity index (χ2n) is 6.62. The topological polar surface area (TPSA) is 67.3 Å². The van der Waals surface area contributed by atoms with Crippen LogP contribution in [0.3, 0.4) is 0 Å². The summed E-state index contributed by atoms with van der Waals surface area (Å²) in [6.45, 7) is 6.14. The van der Waals surface area contributed by atoms with Gasteiger partial charge in [0.25, 0.3) is 5.91 Å². The summed E-state index contributed by atoms with van der Waals surface area (Å²) in [6, 6.07) is 6.84. The second-order valence-corrected chi connectivity index (χ2v) is 9.37. The van der Waals surface area contributed by atoms with Gasteiger partial charge in [0.15, 0.2) is 0 Å². The number of hydrogen-bond acceptors (Lipinski definition) is 5. The van der Waals surface area contributed by atoms with Gasteiger partial charge in [-0.3, -0.25) is 4.79 Å². The number of sulfonamides is 1. The van der Waals surface area contributed by atoms with Crippen LogP contribution in [-0.4, -0.2) is 23.6 Å². The van der Waals surface area contributed by atoms with Gasteiger partial charge in [0.05, 0.1) is 23.0 Å². The number of thiazole rings is 1. The summed E-state index contributed by atoms with van der Waals surface area (Å²) in [4.78, 5) is 17.1. The minimum absolute atomic E-state index is 0.0118. The normalized spacial score (nSPS) is 17.2. The van der Waals surface area contributed by atoms with E-state index >= 15 is 0 Å². The largest absolute Gasteiger partial charge is 0.268 e. The van der Waals surface area contributed by atoms with Crippen LogP contribution in [0.15, 0.2) is 29.6 Å². The summed E-state index contributed by atoms with van der Waals surface area (Å²) >= 11 is 1.49. The molecule has 7 heteroatoms. The Bertz CT molecular complexity index is 863. The molecule has 0 N–H and O–H groups in total. The molecule has 2 aromatic rings. The molecule has 1 aliphatic rings.